The van der Waals surface area contributed by atoms with Gasteiger partial charge in [-0.1, -0.05) is 36.4 Å². The number of halogens is 1. The number of nitrogens with one attached hydrogen (secondary N) is 1. The van der Waals surface area contributed by atoms with Gasteiger partial charge in [0, 0.05) is 14.3 Å². The third-order valence-electron chi connectivity index (χ3n) is 3.61. The normalized spacial score (nSPS) is 12.7. The zero-order chi connectivity index (χ0) is 13.9. The molecule has 1 atom stereocenters. The van der Waals surface area contributed by atoms with Crippen molar-refractivity contribution >= 4 is 44.0 Å². The third-order valence-corrected chi connectivity index (χ3v) is 5.61. The highest BCUT2D eigenvalue weighted by molar-refractivity contribution is 14.1. The van der Waals surface area contributed by atoms with Gasteiger partial charge in [0.2, 0.25) is 0 Å². The Morgan fingerprint density at radius 1 is 1.10 bits per heavy atom. The van der Waals surface area contributed by atoms with Gasteiger partial charge in [-0.2, -0.15) is 0 Å². The minimum atomic E-state index is 0.362. The smallest absolute Gasteiger partial charge is 0.0369 e. The second-order valence-electron chi connectivity index (χ2n) is 4.82. The van der Waals surface area contributed by atoms with E-state index in [1.807, 2.05) is 18.4 Å². The Morgan fingerprint density at radius 2 is 1.85 bits per heavy atom. The zero-order valence-corrected chi connectivity index (χ0v) is 14.2. The molecule has 0 bridgehead atoms. The molecule has 0 radical (unpaired) electrons. The molecule has 2 aromatic carbocycles. The van der Waals surface area contributed by atoms with Gasteiger partial charge in [-0.25, -0.2) is 0 Å². The van der Waals surface area contributed by atoms with Crippen molar-refractivity contribution < 1.29 is 0 Å². The van der Waals surface area contributed by atoms with Gasteiger partial charge in [0.05, 0.1) is 0 Å². The van der Waals surface area contributed by atoms with Crippen LogP contribution in [-0.4, -0.2) is 7.05 Å². The number of fused-ring (bicyclic) bond motifs is 1. The van der Waals surface area contributed by atoms with Crippen LogP contribution in [0.3, 0.4) is 0 Å². The molecule has 20 heavy (non-hydrogen) atoms. The van der Waals surface area contributed by atoms with E-state index in [4.69, 9.17) is 0 Å². The fourth-order valence-corrected chi connectivity index (χ4v) is 4.27. The third kappa shape index (κ3) is 2.75. The van der Waals surface area contributed by atoms with Crippen LogP contribution in [0, 0.1) is 3.57 Å². The predicted octanol–water partition coefficient (Wildman–Crippen LogP) is 5.01. The minimum Gasteiger partial charge on any atom is -0.313 e. The van der Waals surface area contributed by atoms with Crippen LogP contribution in [0.5, 0.6) is 0 Å². The fraction of sp³-hybridized carbons (Fsp3) is 0.176. The number of benzene rings is 2. The monoisotopic (exact) mass is 393 g/mol. The summed E-state index contributed by atoms with van der Waals surface area (Å²) in [5.74, 6) is 0. The number of hydrogen-bond donors (Lipinski definition) is 1. The Labute approximate surface area is 137 Å². The lowest BCUT2D eigenvalue weighted by atomic mass is 9.99. The molecule has 1 unspecified atom stereocenters. The Bertz CT molecular complexity index is 720. The number of rotatable bonds is 4. The van der Waals surface area contributed by atoms with E-state index in [0.717, 1.165) is 6.42 Å². The summed E-state index contributed by atoms with van der Waals surface area (Å²) >= 11 is 4.26. The molecule has 3 rings (SSSR count). The maximum Gasteiger partial charge on any atom is 0.0369 e. The molecule has 3 heteroatoms. The fourth-order valence-electron chi connectivity index (χ4n) is 2.54. The number of thiophene rings is 1. The van der Waals surface area contributed by atoms with E-state index in [2.05, 4.69) is 81.8 Å². The molecule has 1 N–H and O–H groups in total. The number of likely N-dealkylation sites (N-methyl/N-ethyl adjacent to an activating group) is 1. The highest BCUT2D eigenvalue weighted by Crippen LogP contribution is 2.30. The molecule has 0 fully saturated rings. The molecule has 0 aliphatic heterocycles. The molecular formula is C17H16INS. The molecular weight excluding hydrogens is 377 g/mol. The number of hydrogen-bond acceptors (Lipinski definition) is 2. The molecule has 0 saturated carbocycles. The van der Waals surface area contributed by atoms with Gasteiger partial charge >= 0.3 is 0 Å². The van der Waals surface area contributed by atoms with Gasteiger partial charge in [-0.3, -0.25) is 0 Å². The van der Waals surface area contributed by atoms with E-state index in [0.29, 0.717) is 6.04 Å². The topological polar surface area (TPSA) is 12.0 Å². The van der Waals surface area contributed by atoms with Gasteiger partial charge in [-0.05, 0) is 70.1 Å². The largest absolute Gasteiger partial charge is 0.313 e. The summed E-state index contributed by atoms with van der Waals surface area (Å²) < 4.78 is 2.70. The first-order chi connectivity index (χ1) is 9.79. The maximum atomic E-state index is 3.46. The van der Waals surface area contributed by atoms with Crippen molar-refractivity contribution in [1.82, 2.24) is 5.32 Å². The van der Waals surface area contributed by atoms with Crippen LogP contribution in [0.25, 0.3) is 10.1 Å². The first-order valence-corrected chi connectivity index (χ1v) is 8.62. The van der Waals surface area contributed by atoms with Crippen LogP contribution in [0.2, 0.25) is 0 Å². The minimum absolute atomic E-state index is 0.362. The Hall–Kier alpha value is -0.910. The molecule has 0 amide bonds. The Kier molecular flexibility index (Phi) is 4.38. The second-order valence-corrected chi connectivity index (χ2v) is 6.90. The van der Waals surface area contributed by atoms with Crippen molar-refractivity contribution in [2.75, 3.05) is 7.05 Å². The highest BCUT2D eigenvalue weighted by atomic mass is 127. The van der Waals surface area contributed by atoms with Crippen LogP contribution in [0.4, 0.5) is 0 Å². The summed E-state index contributed by atoms with van der Waals surface area (Å²) in [7, 11) is 2.04. The standard InChI is InChI=1S/C17H16INS/c1-19-16(14-7-2-4-8-15(14)18)10-12-11-20-17-9-5-3-6-13(12)17/h2-9,11,16,19H,10H2,1H3. The quantitative estimate of drug-likeness (QED) is 0.615. The highest BCUT2D eigenvalue weighted by Gasteiger charge is 2.15. The van der Waals surface area contributed by atoms with Crippen molar-refractivity contribution in [3.63, 3.8) is 0 Å². The summed E-state index contributed by atoms with van der Waals surface area (Å²) in [4.78, 5) is 0. The van der Waals surface area contributed by atoms with E-state index in [9.17, 15) is 0 Å². The molecule has 0 aliphatic carbocycles. The first-order valence-electron chi connectivity index (χ1n) is 6.66. The van der Waals surface area contributed by atoms with Crippen LogP contribution in [0.1, 0.15) is 17.2 Å². The van der Waals surface area contributed by atoms with E-state index in [1.54, 1.807) is 0 Å². The van der Waals surface area contributed by atoms with Gasteiger partial charge in [0.1, 0.15) is 0 Å². The zero-order valence-electron chi connectivity index (χ0n) is 11.3. The Morgan fingerprint density at radius 3 is 2.65 bits per heavy atom. The van der Waals surface area contributed by atoms with Gasteiger partial charge in [-0.15, -0.1) is 11.3 Å². The predicted molar refractivity (Wildman–Crippen MR) is 96.5 cm³/mol. The van der Waals surface area contributed by atoms with Crippen molar-refractivity contribution in [3.05, 3.63) is 68.6 Å². The first kappa shape index (κ1) is 14.0. The molecule has 1 heterocycles. The molecule has 1 aromatic heterocycles. The van der Waals surface area contributed by atoms with Crippen LogP contribution in [-0.2, 0) is 6.42 Å². The van der Waals surface area contributed by atoms with E-state index in [-0.39, 0.29) is 0 Å². The molecule has 102 valence electrons. The van der Waals surface area contributed by atoms with E-state index in [1.165, 1.54) is 24.8 Å². The van der Waals surface area contributed by atoms with Crippen LogP contribution >= 0.6 is 33.9 Å². The molecule has 1 nitrogen and oxygen atoms in total. The average molecular weight is 393 g/mol. The summed E-state index contributed by atoms with van der Waals surface area (Å²) in [6.07, 6.45) is 1.03. The van der Waals surface area contributed by atoms with E-state index < -0.39 is 0 Å². The SMILES string of the molecule is CNC(Cc1csc2ccccc12)c1ccccc1I. The lowest BCUT2D eigenvalue weighted by Crippen LogP contribution is -2.19. The lowest BCUT2D eigenvalue weighted by Gasteiger charge is -2.18. The van der Waals surface area contributed by atoms with Crippen molar-refractivity contribution in [3.8, 4) is 0 Å². The van der Waals surface area contributed by atoms with Gasteiger partial charge in [0.25, 0.3) is 0 Å². The van der Waals surface area contributed by atoms with Gasteiger partial charge in [0.15, 0.2) is 0 Å². The summed E-state index contributed by atoms with van der Waals surface area (Å²) in [6.45, 7) is 0. The summed E-state index contributed by atoms with van der Waals surface area (Å²) in [5.41, 5.74) is 2.82. The van der Waals surface area contributed by atoms with Crippen molar-refractivity contribution in [2.24, 2.45) is 0 Å². The Balaban J connectivity index is 1.94. The lowest BCUT2D eigenvalue weighted by molar-refractivity contribution is 0.592. The van der Waals surface area contributed by atoms with Crippen molar-refractivity contribution in [2.45, 2.75) is 12.5 Å². The van der Waals surface area contributed by atoms with Crippen LogP contribution in [0.15, 0.2) is 53.9 Å². The summed E-state index contributed by atoms with van der Waals surface area (Å²) in [5, 5.41) is 7.15. The second kappa shape index (κ2) is 6.24. The molecule has 0 saturated heterocycles. The summed E-state index contributed by atoms with van der Waals surface area (Å²) in [6, 6.07) is 17.6. The maximum absolute atomic E-state index is 3.46. The molecule has 0 spiro atoms. The average Bonchev–Trinajstić information content (AvgIpc) is 2.89. The van der Waals surface area contributed by atoms with Gasteiger partial charge < -0.3 is 5.32 Å². The van der Waals surface area contributed by atoms with E-state index >= 15 is 0 Å². The molecule has 3 aromatic rings. The molecule has 0 aliphatic rings. The van der Waals surface area contributed by atoms with Crippen molar-refractivity contribution in [1.29, 1.82) is 0 Å². The van der Waals surface area contributed by atoms with Crippen LogP contribution < -0.4 is 5.32 Å².